The minimum Gasteiger partial charge on any atom is -0.508 e. The second-order valence-corrected chi connectivity index (χ2v) is 4.82. The van der Waals surface area contributed by atoms with Gasteiger partial charge in [-0.3, -0.25) is 0 Å². The van der Waals surface area contributed by atoms with Crippen molar-refractivity contribution in [3.05, 3.63) is 65.7 Å². The zero-order valence-electron chi connectivity index (χ0n) is 11.1. The number of phenolic OH excluding ortho intramolecular Hbond substituents is 1. The van der Waals surface area contributed by atoms with Gasteiger partial charge < -0.3 is 14.6 Å². The first kappa shape index (κ1) is 12.6. The molecule has 1 heterocycles. The lowest BCUT2D eigenvalue weighted by molar-refractivity contribution is 0.174. The first-order chi connectivity index (χ1) is 9.76. The molecule has 3 nitrogen and oxygen atoms in total. The molecule has 2 aromatic rings. The van der Waals surface area contributed by atoms with Crippen LogP contribution in [0, 0.1) is 0 Å². The van der Waals surface area contributed by atoms with Crippen molar-refractivity contribution >= 4 is 0 Å². The molecule has 0 fully saturated rings. The molecule has 1 aliphatic heterocycles. The quantitative estimate of drug-likeness (QED) is 0.863. The smallest absolute Gasteiger partial charge is 0.231 e. The van der Waals surface area contributed by atoms with Gasteiger partial charge in [0.15, 0.2) is 11.5 Å². The van der Waals surface area contributed by atoms with Gasteiger partial charge in [0.25, 0.3) is 0 Å². The van der Waals surface area contributed by atoms with Crippen LogP contribution in [0.4, 0.5) is 0 Å². The van der Waals surface area contributed by atoms with E-state index in [9.17, 15) is 5.11 Å². The molecule has 20 heavy (non-hydrogen) atoms. The van der Waals surface area contributed by atoms with Crippen LogP contribution in [0.25, 0.3) is 0 Å². The van der Waals surface area contributed by atoms with Gasteiger partial charge in [-0.1, -0.05) is 24.3 Å². The average molecular weight is 268 g/mol. The van der Waals surface area contributed by atoms with Crippen molar-refractivity contribution in [2.45, 2.75) is 12.8 Å². The molecule has 3 heteroatoms. The van der Waals surface area contributed by atoms with E-state index in [0.29, 0.717) is 19.0 Å². The Hall–Kier alpha value is -2.42. The highest BCUT2D eigenvalue weighted by Gasteiger charge is 2.13. The first-order valence-electron chi connectivity index (χ1n) is 6.56. The van der Waals surface area contributed by atoms with Crippen molar-refractivity contribution in [1.82, 2.24) is 0 Å². The van der Waals surface area contributed by atoms with Gasteiger partial charge in [-0.2, -0.15) is 0 Å². The zero-order chi connectivity index (χ0) is 13.9. The summed E-state index contributed by atoms with van der Waals surface area (Å²) in [6.45, 7) is 4.00. The molecule has 0 radical (unpaired) electrons. The van der Waals surface area contributed by atoms with Crippen molar-refractivity contribution in [3.63, 3.8) is 0 Å². The molecule has 0 aromatic heterocycles. The lowest BCUT2D eigenvalue weighted by Crippen LogP contribution is -1.93. The summed E-state index contributed by atoms with van der Waals surface area (Å²) < 4.78 is 10.7. The number of fused-ring (bicyclic) bond motifs is 1. The van der Waals surface area contributed by atoms with Gasteiger partial charge in [-0.25, -0.2) is 0 Å². The SMILES string of the molecule is C=CCc1cc(Cc2ccc3c(c2)OCO3)ccc1O. The Balaban J connectivity index is 1.84. The molecule has 0 bridgehead atoms. The van der Waals surface area contributed by atoms with Gasteiger partial charge in [-0.15, -0.1) is 6.58 Å². The molecule has 0 aliphatic carbocycles. The highest BCUT2D eigenvalue weighted by Crippen LogP contribution is 2.33. The van der Waals surface area contributed by atoms with Crippen molar-refractivity contribution in [2.75, 3.05) is 6.79 Å². The van der Waals surface area contributed by atoms with Crippen LogP contribution in [0.5, 0.6) is 17.2 Å². The summed E-state index contributed by atoms with van der Waals surface area (Å²) in [7, 11) is 0. The number of ether oxygens (including phenoxy) is 2. The summed E-state index contributed by atoms with van der Waals surface area (Å²) in [6, 6.07) is 11.7. The van der Waals surface area contributed by atoms with Crippen LogP contribution in [0.3, 0.4) is 0 Å². The minimum atomic E-state index is 0.293. The maximum Gasteiger partial charge on any atom is 0.231 e. The topological polar surface area (TPSA) is 38.7 Å². The van der Waals surface area contributed by atoms with Crippen molar-refractivity contribution in [3.8, 4) is 17.2 Å². The third kappa shape index (κ3) is 2.48. The number of aromatic hydroxyl groups is 1. The maximum atomic E-state index is 9.77. The first-order valence-corrected chi connectivity index (χ1v) is 6.56. The largest absolute Gasteiger partial charge is 0.508 e. The normalized spacial score (nSPS) is 12.4. The van der Waals surface area contributed by atoms with E-state index >= 15 is 0 Å². The van der Waals surface area contributed by atoms with E-state index in [-0.39, 0.29) is 0 Å². The number of benzene rings is 2. The second-order valence-electron chi connectivity index (χ2n) is 4.82. The summed E-state index contributed by atoms with van der Waals surface area (Å²) in [6.07, 6.45) is 3.25. The number of phenols is 1. The maximum absolute atomic E-state index is 9.77. The van der Waals surface area contributed by atoms with Gasteiger partial charge in [0.05, 0.1) is 0 Å². The third-order valence-electron chi connectivity index (χ3n) is 3.35. The molecule has 0 amide bonds. The molecular formula is C17H16O3. The summed E-state index contributed by atoms with van der Waals surface area (Å²) in [5.74, 6) is 1.92. The molecule has 3 rings (SSSR count). The Kier molecular flexibility index (Phi) is 3.33. The van der Waals surface area contributed by atoms with E-state index in [0.717, 1.165) is 34.6 Å². The predicted octanol–water partition coefficient (Wildman–Crippen LogP) is 3.44. The second kappa shape index (κ2) is 5.29. The van der Waals surface area contributed by atoms with Crippen LogP contribution >= 0.6 is 0 Å². The summed E-state index contributed by atoms with van der Waals surface area (Å²) >= 11 is 0. The Bertz CT molecular complexity index is 647. The Morgan fingerprint density at radius 2 is 1.80 bits per heavy atom. The van der Waals surface area contributed by atoms with Gasteiger partial charge in [0.2, 0.25) is 6.79 Å². The van der Waals surface area contributed by atoms with E-state index in [1.807, 2.05) is 30.3 Å². The number of rotatable bonds is 4. The van der Waals surface area contributed by atoms with Crippen LogP contribution in [-0.2, 0) is 12.8 Å². The van der Waals surface area contributed by atoms with Crippen LogP contribution < -0.4 is 9.47 Å². The van der Waals surface area contributed by atoms with Crippen LogP contribution in [-0.4, -0.2) is 11.9 Å². The predicted molar refractivity (Wildman–Crippen MR) is 77.4 cm³/mol. The van der Waals surface area contributed by atoms with Crippen molar-refractivity contribution in [1.29, 1.82) is 0 Å². The Morgan fingerprint density at radius 1 is 1.05 bits per heavy atom. The minimum absolute atomic E-state index is 0.293. The van der Waals surface area contributed by atoms with Crippen LogP contribution in [0.1, 0.15) is 16.7 Å². The molecule has 0 saturated carbocycles. The summed E-state index contributed by atoms with van der Waals surface area (Å²) in [5.41, 5.74) is 3.21. The molecule has 0 spiro atoms. The van der Waals surface area contributed by atoms with Crippen LogP contribution in [0.15, 0.2) is 49.1 Å². The lowest BCUT2D eigenvalue weighted by Gasteiger charge is -2.07. The van der Waals surface area contributed by atoms with E-state index in [1.54, 1.807) is 12.1 Å². The van der Waals surface area contributed by atoms with E-state index in [4.69, 9.17) is 9.47 Å². The van der Waals surface area contributed by atoms with Gasteiger partial charge >= 0.3 is 0 Å². The molecule has 0 unspecified atom stereocenters. The number of hydrogen-bond donors (Lipinski definition) is 1. The highest BCUT2D eigenvalue weighted by atomic mass is 16.7. The van der Waals surface area contributed by atoms with Crippen LogP contribution in [0.2, 0.25) is 0 Å². The van der Waals surface area contributed by atoms with Crippen molar-refractivity contribution < 1.29 is 14.6 Å². The molecule has 1 aliphatic rings. The molecular weight excluding hydrogens is 252 g/mol. The summed E-state index contributed by atoms with van der Waals surface area (Å²) in [5, 5.41) is 9.77. The van der Waals surface area contributed by atoms with E-state index in [2.05, 4.69) is 6.58 Å². The van der Waals surface area contributed by atoms with Gasteiger partial charge in [0, 0.05) is 0 Å². The number of hydrogen-bond acceptors (Lipinski definition) is 3. The third-order valence-corrected chi connectivity index (χ3v) is 3.35. The Morgan fingerprint density at radius 3 is 2.65 bits per heavy atom. The average Bonchev–Trinajstić information content (AvgIpc) is 2.90. The van der Waals surface area contributed by atoms with E-state index < -0.39 is 0 Å². The Labute approximate surface area is 118 Å². The molecule has 2 aromatic carbocycles. The van der Waals surface area contributed by atoms with Gasteiger partial charge in [0.1, 0.15) is 5.75 Å². The standard InChI is InChI=1S/C17H16O3/c1-2-3-14-9-12(4-6-15(14)18)8-13-5-7-16-17(10-13)20-11-19-16/h2,4-7,9-10,18H,1,3,8,11H2. The molecule has 0 atom stereocenters. The van der Waals surface area contributed by atoms with E-state index in [1.165, 1.54) is 0 Å². The number of allylic oxidation sites excluding steroid dienone is 1. The van der Waals surface area contributed by atoms with Crippen molar-refractivity contribution in [2.24, 2.45) is 0 Å². The zero-order valence-corrected chi connectivity index (χ0v) is 11.1. The monoisotopic (exact) mass is 268 g/mol. The molecule has 1 N–H and O–H groups in total. The molecule has 102 valence electrons. The molecule has 0 saturated heterocycles. The lowest BCUT2D eigenvalue weighted by atomic mass is 10.0. The summed E-state index contributed by atoms with van der Waals surface area (Å²) in [4.78, 5) is 0. The highest BCUT2D eigenvalue weighted by molar-refractivity contribution is 5.46. The fourth-order valence-corrected chi connectivity index (χ4v) is 2.35. The fourth-order valence-electron chi connectivity index (χ4n) is 2.35. The fraction of sp³-hybridized carbons (Fsp3) is 0.176. The van der Waals surface area contributed by atoms with Gasteiger partial charge in [-0.05, 0) is 47.7 Å².